The summed E-state index contributed by atoms with van der Waals surface area (Å²) in [5.74, 6) is 0. The number of aryl methyl sites for hydroxylation is 2. The molecule has 0 atom stereocenters. The van der Waals surface area contributed by atoms with E-state index in [1.165, 1.54) is 24.0 Å². The van der Waals surface area contributed by atoms with E-state index in [-0.39, 0.29) is 0 Å². The summed E-state index contributed by atoms with van der Waals surface area (Å²) in [6.45, 7) is 6.54. The summed E-state index contributed by atoms with van der Waals surface area (Å²) in [6, 6.07) is 8.63. The number of rotatable bonds is 5. The molecule has 1 rings (SSSR count). The van der Waals surface area contributed by atoms with Crippen molar-refractivity contribution in [2.24, 2.45) is 0 Å². The molecule has 72 valence electrons. The Morgan fingerprint density at radius 2 is 2.00 bits per heavy atom. The smallest absolute Gasteiger partial charge is 0.00459 e. The molecule has 1 N–H and O–H groups in total. The van der Waals surface area contributed by atoms with E-state index in [1.807, 2.05) is 0 Å². The third-order valence-electron chi connectivity index (χ3n) is 2.31. The van der Waals surface area contributed by atoms with E-state index >= 15 is 0 Å². The van der Waals surface area contributed by atoms with E-state index in [0.717, 1.165) is 13.1 Å². The highest BCUT2D eigenvalue weighted by Crippen LogP contribution is 2.08. The second-order valence-electron chi connectivity index (χ2n) is 3.38. The van der Waals surface area contributed by atoms with Crippen molar-refractivity contribution in [3.8, 4) is 0 Å². The van der Waals surface area contributed by atoms with Crippen molar-refractivity contribution in [1.29, 1.82) is 0 Å². The molecule has 0 fully saturated rings. The first-order valence-electron chi connectivity index (χ1n) is 5.10. The van der Waals surface area contributed by atoms with Crippen molar-refractivity contribution in [3.05, 3.63) is 35.4 Å². The predicted molar refractivity (Wildman–Crippen MR) is 58.0 cm³/mol. The monoisotopic (exact) mass is 177 g/mol. The number of benzene rings is 1. The Kier molecular flexibility index (Phi) is 4.55. The third kappa shape index (κ3) is 3.60. The Labute approximate surface area is 81.2 Å². The van der Waals surface area contributed by atoms with Gasteiger partial charge in [0, 0.05) is 0 Å². The van der Waals surface area contributed by atoms with Crippen molar-refractivity contribution < 1.29 is 0 Å². The lowest BCUT2D eigenvalue weighted by atomic mass is 10.0. The van der Waals surface area contributed by atoms with Gasteiger partial charge in [0.1, 0.15) is 0 Å². The molecule has 0 unspecified atom stereocenters. The van der Waals surface area contributed by atoms with Gasteiger partial charge in [-0.25, -0.2) is 0 Å². The van der Waals surface area contributed by atoms with Crippen LogP contribution in [0.2, 0.25) is 0 Å². The van der Waals surface area contributed by atoms with Crippen LogP contribution in [0.4, 0.5) is 0 Å². The number of hydrogen-bond donors (Lipinski definition) is 1. The van der Waals surface area contributed by atoms with Crippen molar-refractivity contribution >= 4 is 0 Å². The first-order valence-corrected chi connectivity index (χ1v) is 5.10. The topological polar surface area (TPSA) is 12.0 Å². The molecule has 0 saturated carbocycles. The minimum atomic E-state index is 1.08. The lowest BCUT2D eigenvalue weighted by molar-refractivity contribution is 0.671. The molecule has 0 heterocycles. The fraction of sp³-hybridized carbons (Fsp3) is 0.500. The third-order valence-corrected chi connectivity index (χ3v) is 2.31. The van der Waals surface area contributed by atoms with Gasteiger partial charge in [0.25, 0.3) is 0 Å². The molecule has 0 aromatic heterocycles. The zero-order chi connectivity index (χ0) is 9.52. The molecule has 0 radical (unpaired) electrons. The maximum atomic E-state index is 3.34. The van der Waals surface area contributed by atoms with Crippen LogP contribution in [0.1, 0.15) is 24.5 Å². The van der Waals surface area contributed by atoms with Crippen molar-refractivity contribution in [2.75, 3.05) is 13.1 Å². The van der Waals surface area contributed by atoms with Gasteiger partial charge in [0.05, 0.1) is 0 Å². The molecule has 0 aliphatic heterocycles. The first kappa shape index (κ1) is 10.3. The van der Waals surface area contributed by atoms with Gasteiger partial charge < -0.3 is 5.32 Å². The molecule has 0 amide bonds. The maximum absolute atomic E-state index is 3.34. The highest BCUT2D eigenvalue weighted by Gasteiger charge is 1.95. The van der Waals surface area contributed by atoms with Gasteiger partial charge in [-0.15, -0.1) is 0 Å². The van der Waals surface area contributed by atoms with Crippen LogP contribution < -0.4 is 5.32 Å². The summed E-state index contributed by atoms with van der Waals surface area (Å²) < 4.78 is 0. The molecule has 0 bridgehead atoms. The summed E-state index contributed by atoms with van der Waals surface area (Å²) >= 11 is 0. The van der Waals surface area contributed by atoms with Gasteiger partial charge in [-0.2, -0.15) is 0 Å². The standard InChI is InChI=1S/C12H19N/c1-3-13-10-6-9-12-8-5-4-7-11(12)2/h4-5,7-8,13H,3,6,9-10H2,1-2H3. The lowest BCUT2D eigenvalue weighted by Gasteiger charge is -2.05. The van der Waals surface area contributed by atoms with Gasteiger partial charge in [-0.3, -0.25) is 0 Å². The van der Waals surface area contributed by atoms with Crippen LogP contribution in [0, 0.1) is 6.92 Å². The fourth-order valence-corrected chi connectivity index (χ4v) is 1.47. The summed E-state index contributed by atoms with van der Waals surface area (Å²) in [4.78, 5) is 0. The molecular formula is C12H19N. The van der Waals surface area contributed by atoms with Gasteiger partial charge in [-0.1, -0.05) is 31.2 Å². The van der Waals surface area contributed by atoms with E-state index in [4.69, 9.17) is 0 Å². The first-order chi connectivity index (χ1) is 6.34. The minimum Gasteiger partial charge on any atom is -0.317 e. The van der Waals surface area contributed by atoms with Gasteiger partial charge in [0.2, 0.25) is 0 Å². The van der Waals surface area contributed by atoms with E-state index in [2.05, 4.69) is 43.4 Å². The number of hydrogen-bond acceptors (Lipinski definition) is 1. The Balaban J connectivity index is 2.32. The van der Waals surface area contributed by atoms with E-state index in [9.17, 15) is 0 Å². The van der Waals surface area contributed by atoms with Gasteiger partial charge in [-0.05, 0) is 44.0 Å². The molecule has 1 nitrogen and oxygen atoms in total. The summed E-state index contributed by atoms with van der Waals surface area (Å²) in [5.41, 5.74) is 2.90. The highest BCUT2D eigenvalue weighted by atomic mass is 14.8. The molecule has 0 aliphatic carbocycles. The van der Waals surface area contributed by atoms with Crippen molar-refractivity contribution in [1.82, 2.24) is 5.32 Å². The molecule has 0 spiro atoms. The summed E-state index contributed by atoms with van der Waals surface area (Å²) in [7, 11) is 0. The van der Waals surface area contributed by atoms with Gasteiger partial charge >= 0.3 is 0 Å². The summed E-state index contributed by atoms with van der Waals surface area (Å²) in [5, 5.41) is 3.34. The van der Waals surface area contributed by atoms with E-state index in [1.54, 1.807) is 0 Å². The van der Waals surface area contributed by atoms with Gasteiger partial charge in [0.15, 0.2) is 0 Å². The second kappa shape index (κ2) is 5.76. The van der Waals surface area contributed by atoms with Crippen LogP contribution in [0.5, 0.6) is 0 Å². The average Bonchev–Trinajstić information content (AvgIpc) is 2.15. The molecular weight excluding hydrogens is 158 g/mol. The Morgan fingerprint density at radius 3 is 2.69 bits per heavy atom. The molecule has 1 aromatic carbocycles. The quantitative estimate of drug-likeness (QED) is 0.681. The molecule has 1 aromatic rings. The normalized spacial score (nSPS) is 10.3. The van der Waals surface area contributed by atoms with Crippen LogP contribution >= 0.6 is 0 Å². The van der Waals surface area contributed by atoms with E-state index in [0.29, 0.717) is 0 Å². The second-order valence-corrected chi connectivity index (χ2v) is 3.38. The molecule has 0 saturated heterocycles. The highest BCUT2D eigenvalue weighted by molar-refractivity contribution is 5.25. The molecule has 0 aliphatic rings. The van der Waals surface area contributed by atoms with Crippen molar-refractivity contribution in [3.63, 3.8) is 0 Å². The van der Waals surface area contributed by atoms with Crippen LogP contribution in [-0.4, -0.2) is 13.1 Å². The average molecular weight is 177 g/mol. The lowest BCUT2D eigenvalue weighted by Crippen LogP contribution is -2.14. The number of nitrogens with one attached hydrogen (secondary N) is 1. The Morgan fingerprint density at radius 1 is 1.23 bits per heavy atom. The SMILES string of the molecule is CCNCCCc1ccccc1C. The Bertz CT molecular complexity index is 243. The molecule has 1 heteroatoms. The maximum Gasteiger partial charge on any atom is -0.00459 e. The van der Waals surface area contributed by atoms with E-state index < -0.39 is 0 Å². The zero-order valence-electron chi connectivity index (χ0n) is 8.64. The van der Waals surface area contributed by atoms with Crippen LogP contribution in [0.15, 0.2) is 24.3 Å². The fourth-order valence-electron chi connectivity index (χ4n) is 1.47. The molecule has 13 heavy (non-hydrogen) atoms. The zero-order valence-corrected chi connectivity index (χ0v) is 8.64. The largest absolute Gasteiger partial charge is 0.317 e. The predicted octanol–water partition coefficient (Wildman–Crippen LogP) is 2.54. The van der Waals surface area contributed by atoms with Crippen LogP contribution in [0.25, 0.3) is 0 Å². The van der Waals surface area contributed by atoms with Crippen LogP contribution in [0.3, 0.4) is 0 Å². The van der Waals surface area contributed by atoms with Crippen LogP contribution in [-0.2, 0) is 6.42 Å². The Hall–Kier alpha value is -0.820. The summed E-state index contributed by atoms with van der Waals surface area (Å²) in [6.07, 6.45) is 2.43. The van der Waals surface area contributed by atoms with Crippen molar-refractivity contribution in [2.45, 2.75) is 26.7 Å². The minimum absolute atomic E-state index is 1.08.